The van der Waals surface area contributed by atoms with Crippen molar-refractivity contribution < 1.29 is 0 Å². The number of rotatable bonds is 4. The maximum absolute atomic E-state index is 5.67. The predicted molar refractivity (Wildman–Crippen MR) is 86.0 cm³/mol. The van der Waals surface area contributed by atoms with Crippen molar-refractivity contribution in [2.45, 2.75) is 42.4 Å². The predicted octanol–water partition coefficient (Wildman–Crippen LogP) is 1.16. The zero-order valence-corrected chi connectivity index (χ0v) is 14.0. The smallest absolute Gasteiger partial charge is 0.226 e. The van der Waals surface area contributed by atoms with Crippen LogP contribution in [0.4, 0.5) is 5.95 Å². The molecule has 2 heterocycles. The van der Waals surface area contributed by atoms with Crippen LogP contribution < -0.4 is 10.6 Å². The van der Waals surface area contributed by atoms with Gasteiger partial charge in [0.25, 0.3) is 0 Å². The van der Waals surface area contributed by atoms with E-state index in [0.29, 0.717) is 6.54 Å². The zero-order chi connectivity index (χ0) is 15.7. The molecule has 118 valence electrons. The van der Waals surface area contributed by atoms with Gasteiger partial charge in [-0.05, 0) is 37.4 Å². The van der Waals surface area contributed by atoms with Gasteiger partial charge in [-0.2, -0.15) is 0 Å². The minimum atomic E-state index is 0.384. The van der Waals surface area contributed by atoms with Crippen molar-refractivity contribution in [3.63, 3.8) is 0 Å². The van der Waals surface area contributed by atoms with Crippen LogP contribution in [0.5, 0.6) is 0 Å². The molecule has 8 heteroatoms. The van der Waals surface area contributed by atoms with Crippen LogP contribution in [0.2, 0.25) is 0 Å². The van der Waals surface area contributed by atoms with E-state index in [4.69, 9.17) is 15.7 Å². The third kappa shape index (κ3) is 2.80. The van der Waals surface area contributed by atoms with Crippen LogP contribution in [0.3, 0.4) is 0 Å². The molecule has 1 aliphatic rings. The molecule has 0 bridgehead atoms. The minimum Gasteiger partial charge on any atom is -0.347 e. The molecular weight excluding hydrogens is 298 g/mol. The van der Waals surface area contributed by atoms with E-state index in [1.807, 2.05) is 30.6 Å². The Bertz CT molecular complexity index is 680. The molecule has 0 saturated heterocycles. The molecular formula is C14H21N7S. The fourth-order valence-electron chi connectivity index (χ4n) is 2.53. The number of hydrogen-bond acceptors (Lipinski definition) is 7. The molecule has 2 aromatic heterocycles. The highest BCUT2D eigenvalue weighted by Gasteiger charge is 2.21. The first-order chi connectivity index (χ1) is 10.6. The van der Waals surface area contributed by atoms with Gasteiger partial charge in [0.2, 0.25) is 5.95 Å². The Kier molecular flexibility index (Phi) is 4.30. The molecule has 22 heavy (non-hydrogen) atoms. The molecule has 0 aliphatic heterocycles. The number of aryl methyl sites for hydroxylation is 1. The van der Waals surface area contributed by atoms with Gasteiger partial charge in [-0.25, -0.2) is 9.97 Å². The summed E-state index contributed by atoms with van der Waals surface area (Å²) in [6, 6.07) is 0. The fraction of sp³-hybridized carbons (Fsp3) is 0.571. The third-order valence-electron chi connectivity index (χ3n) is 3.83. The van der Waals surface area contributed by atoms with Crippen LogP contribution in [0.1, 0.15) is 29.9 Å². The van der Waals surface area contributed by atoms with E-state index < -0.39 is 0 Å². The summed E-state index contributed by atoms with van der Waals surface area (Å²) < 4.78 is 1.93. The molecule has 2 N–H and O–H groups in total. The van der Waals surface area contributed by atoms with Crippen molar-refractivity contribution in [2.75, 3.05) is 19.0 Å². The average molecular weight is 319 g/mol. The number of nitrogens with two attached hydrogens (primary N) is 1. The highest BCUT2D eigenvalue weighted by atomic mass is 32.2. The van der Waals surface area contributed by atoms with Gasteiger partial charge < -0.3 is 15.2 Å². The van der Waals surface area contributed by atoms with Crippen molar-refractivity contribution in [3.8, 4) is 0 Å². The summed E-state index contributed by atoms with van der Waals surface area (Å²) in [6.07, 6.45) is 4.45. The van der Waals surface area contributed by atoms with E-state index in [1.165, 1.54) is 24.1 Å². The summed E-state index contributed by atoms with van der Waals surface area (Å²) in [6.45, 7) is 0.384. The highest BCUT2D eigenvalue weighted by molar-refractivity contribution is 7.99. The van der Waals surface area contributed by atoms with Gasteiger partial charge in [-0.1, -0.05) is 0 Å². The highest BCUT2D eigenvalue weighted by Crippen LogP contribution is 2.33. The van der Waals surface area contributed by atoms with Crippen molar-refractivity contribution in [1.82, 2.24) is 24.7 Å². The molecule has 0 spiro atoms. The van der Waals surface area contributed by atoms with Gasteiger partial charge >= 0.3 is 0 Å². The summed E-state index contributed by atoms with van der Waals surface area (Å²) in [5, 5.41) is 10.1. The Morgan fingerprint density at radius 2 is 1.95 bits per heavy atom. The number of fused-ring (bicyclic) bond motifs is 1. The first-order valence-electron chi connectivity index (χ1n) is 7.43. The van der Waals surface area contributed by atoms with Gasteiger partial charge in [0.05, 0.1) is 12.2 Å². The van der Waals surface area contributed by atoms with Gasteiger partial charge in [0.15, 0.2) is 5.16 Å². The second-order valence-corrected chi connectivity index (χ2v) is 6.58. The van der Waals surface area contributed by atoms with Gasteiger partial charge in [0.1, 0.15) is 10.9 Å². The lowest BCUT2D eigenvalue weighted by Crippen LogP contribution is -2.17. The second-order valence-electron chi connectivity index (χ2n) is 5.62. The molecule has 0 amide bonds. The molecule has 3 rings (SSSR count). The summed E-state index contributed by atoms with van der Waals surface area (Å²) >= 11 is 1.55. The molecule has 0 radical (unpaired) electrons. The number of hydrogen-bond donors (Lipinski definition) is 1. The Morgan fingerprint density at radius 3 is 2.64 bits per heavy atom. The van der Waals surface area contributed by atoms with Crippen molar-refractivity contribution in [2.24, 2.45) is 12.8 Å². The molecule has 2 aromatic rings. The number of anilines is 1. The zero-order valence-electron chi connectivity index (χ0n) is 13.2. The van der Waals surface area contributed by atoms with Gasteiger partial charge in [0, 0.05) is 26.7 Å². The molecule has 7 nitrogen and oxygen atoms in total. The molecule has 1 aliphatic carbocycles. The SMILES string of the molecule is CN(C)c1nc2c(c(Sc3nnc(CN)n3C)n1)CCCC2. The van der Waals surface area contributed by atoms with Gasteiger partial charge in [-0.15, -0.1) is 10.2 Å². The summed E-state index contributed by atoms with van der Waals surface area (Å²) in [5.74, 6) is 1.53. The van der Waals surface area contributed by atoms with E-state index in [-0.39, 0.29) is 0 Å². The summed E-state index contributed by atoms with van der Waals surface area (Å²) in [5.41, 5.74) is 8.10. The molecule has 0 saturated carbocycles. The first kappa shape index (κ1) is 15.2. The van der Waals surface area contributed by atoms with Gasteiger partial charge in [-0.3, -0.25) is 0 Å². The standard InChI is InChI=1S/C14H21N7S/c1-20(2)13-16-10-7-5-4-6-9(10)12(17-13)22-14-19-18-11(8-15)21(14)3/h4-8,15H2,1-3H3. The van der Waals surface area contributed by atoms with E-state index >= 15 is 0 Å². The molecule has 0 unspecified atom stereocenters. The van der Waals surface area contributed by atoms with E-state index in [9.17, 15) is 0 Å². The molecule has 0 fully saturated rings. The lowest BCUT2D eigenvalue weighted by atomic mass is 9.97. The minimum absolute atomic E-state index is 0.384. The molecule has 0 atom stereocenters. The Hall–Kier alpha value is -1.67. The Morgan fingerprint density at radius 1 is 1.18 bits per heavy atom. The Balaban J connectivity index is 2.01. The van der Waals surface area contributed by atoms with Crippen LogP contribution in [0.15, 0.2) is 10.2 Å². The molecule has 0 aromatic carbocycles. The van der Waals surface area contributed by atoms with E-state index in [1.54, 1.807) is 11.8 Å². The topological polar surface area (TPSA) is 85.8 Å². The normalized spacial score (nSPS) is 14.0. The quantitative estimate of drug-likeness (QED) is 0.846. The maximum Gasteiger partial charge on any atom is 0.226 e. The number of aromatic nitrogens is 5. The maximum atomic E-state index is 5.67. The largest absolute Gasteiger partial charge is 0.347 e. The third-order valence-corrected chi connectivity index (χ3v) is 4.90. The van der Waals surface area contributed by atoms with Crippen LogP contribution >= 0.6 is 11.8 Å². The first-order valence-corrected chi connectivity index (χ1v) is 8.25. The van der Waals surface area contributed by atoms with Crippen LogP contribution in [-0.2, 0) is 26.4 Å². The summed E-state index contributed by atoms with van der Waals surface area (Å²) in [7, 11) is 5.87. The van der Waals surface area contributed by atoms with E-state index in [0.717, 1.165) is 34.8 Å². The Labute approximate surface area is 134 Å². The summed E-state index contributed by atoms with van der Waals surface area (Å²) in [4.78, 5) is 11.4. The second kappa shape index (κ2) is 6.21. The van der Waals surface area contributed by atoms with Crippen molar-refractivity contribution in [3.05, 3.63) is 17.1 Å². The van der Waals surface area contributed by atoms with Crippen LogP contribution in [0.25, 0.3) is 0 Å². The average Bonchev–Trinajstić information content (AvgIpc) is 2.87. The lowest BCUT2D eigenvalue weighted by molar-refractivity contribution is 0.643. The monoisotopic (exact) mass is 319 g/mol. The fourth-order valence-corrected chi connectivity index (χ4v) is 3.50. The van der Waals surface area contributed by atoms with Crippen molar-refractivity contribution >= 4 is 17.7 Å². The van der Waals surface area contributed by atoms with Crippen LogP contribution in [-0.4, -0.2) is 38.8 Å². The van der Waals surface area contributed by atoms with Crippen LogP contribution in [0, 0.1) is 0 Å². The van der Waals surface area contributed by atoms with Crippen molar-refractivity contribution in [1.29, 1.82) is 0 Å². The number of nitrogens with zero attached hydrogens (tertiary/aromatic N) is 6. The van der Waals surface area contributed by atoms with E-state index in [2.05, 4.69) is 10.2 Å². The lowest BCUT2D eigenvalue weighted by Gasteiger charge is -2.20.